The summed E-state index contributed by atoms with van der Waals surface area (Å²) in [7, 11) is -1.50. The van der Waals surface area contributed by atoms with E-state index in [1.54, 1.807) is 18.2 Å². The van der Waals surface area contributed by atoms with Gasteiger partial charge in [-0.1, -0.05) is 36.2 Å². The minimum absolute atomic E-state index is 0.0901. The molecule has 1 N–H and O–H groups in total. The van der Waals surface area contributed by atoms with Gasteiger partial charge in [0, 0.05) is 42.8 Å². The fourth-order valence-electron chi connectivity index (χ4n) is 3.16. The molecule has 35 heavy (non-hydrogen) atoms. The van der Waals surface area contributed by atoms with E-state index in [1.165, 1.54) is 38.1 Å². The summed E-state index contributed by atoms with van der Waals surface area (Å²) in [5, 5.41) is 3.34. The number of benzene rings is 2. The zero-order chi connectivity index (χ0) is 26.3. The lowest BCUT2D eigenvalue weighted by Gasteiger charge is -2.33. The molecule has 12 heteroatoms. The number of hydrogen-bond donors (Lipinski definition) is 1. The molecule has 2 aromatic rings. The highest BCUT2D eigenvalue weighted by Gasteiger charge is 2.33. The summed E-state index contributed by atoms with van der Waals surface area (Å²) in [4.78, 5) is 27.5. The van der Waals surface area contributed by atoms with E-state index in [-0.39, 0.29) is 12.2 Å². The minimum Gasteiger partial charge on any atom is -0.354 e. The molecule has 2 amide bonds. The van der Waals surface area contributed by atoms with Crippen molar-refractivity contribution in [1.82, 2.24) is 14.5 Å². The van der Waals surface area contributed by atoms with Crippen molar-refractivity contribution in [1.29, 1.82) is 0 Å². The number of anilines is 1. The van der Waals surface area contributed by atoms with Crippen molar-refractivity contribution in [2.75, 3.05) is 31.5 Å². The van der Waals surface area contributed by atoms with E-state index in [0.29, 0.717) is 28.6 Å². The number of hydrogen-bond acceptors (Lipinski definition) is 4. The Morgan fingerprint density at radius 1 is 1.06 bits per heavy atom. The fraction of sp³-hybridized carbons (Fsp3) is 0.391. The molecule has 0 unspecified atom stereocenters. The summed E-state index contributed by atoms with van der Waals surface area (Å²) in [5.41, 5.74) is 0.510. The van der Waals surface area contributed by atoms with Gasteiger partial charge in [0.15, 0.2) is 0 Å². The maximum Gasteiger partial charge on any atom is 0.304 e. The summed E-state index contributed by atoms with van der Waals surface area (Å²) < 4.78 is 41.4. The third-order valence-corrected chi connectivity index (χ3v) is 7.77. The average Bonchev–Trinajstić information content (AvgIpc) is 2.80. The number of nitrogens with zero attached hydrogens (tertiary/aromatic N) is 3. The first-order valence-corrected chi connectivity index (χ1v) is 13.0. The van der Waals surface area contributed by atoms with Crippen LogP contribution in [-0.2, 0) is 26.3 Å². The Bertz CT molecular complexity index is 1130. The monoisotopic (exact) mass is 546 g/mol. The van der Waals surface area contributed by atoms with Crippen molar-refractivity contribution < 1.29 is 22.4 Å². The van der Waals surface area contributed by atoms with E-state index >= 15 is 0 Å². The van der Waals surface area contributed by atoms with Gasteiger partial charge in [-0.3, -0.25) is 9.59 Å². The van der Waals surface area contributed by atoms with Gasteiger partial charge in [0.2, 0.25) is 11.8 Å². The predicted molar refractivity (Wildman–Crippen MR) is 136 cm³/mol. The van der Waals surface area contributed by atoms with Gasteiger partial charge in [-0.2, -0.15) is 12.7 Å². The van der Waals surface area contributed by atoms with Gasteiger partial charge in [0.1, 0.15) is 18.4 Å². The van der Waals surface area contributed by atoms with Gasteiger partial charge in [-0.25, -0.2) is 8.70 Å². The largest absolute Gasteiger partial charge is 0.354 e. The first-order chi connectivity index (χ1) is 16.4. The molecule has 0 bridgehead atoms. The predicted octanol–water partition coefficient (Wildman–Crippen LogP) is 3.69. The van der Waals surface area contributed by atoms with Crippen LogP contribution in [0.1, 0.15) is 25.8 Å². The van der Waals surface area contributed by atoms with Crippen molar-refractivity contribution >= 4 is 50.9 Å². The van der Waals surface area contributed by atoms with Crippen molar-refractivity contribution in [2.45, 2.75) is 32.9 Å². The summed E-state index contributed by atoms with van der Waals surface area (Å²) in [6, 6.07) is 8.62. The molecule has 2 aromatic carbocycles. The van der Waals surface area contributed by atoms with Gasteiger partial charge < -0.3 is 10.2 Å². The lowest BCUT2D eigenvalue weighted by atomic mass is 10.1. The van der Waals surface area contributed by atoms with Gasteiger partial charge in [-0.05, 0) is 49.7 Å². The highest BCUT2D eigenvalue weighted by Crippen LogP contribution is 2.27. The van der Waals surface area contributed by atoms with Gasteiger partial charge in [0.25, 0.3) is 0 Å². The van der Waals surface area contributed by atoms with Crippen molar-refractivity contribution in [2.24, 2.45) is 0 Å². The van der Waals surface area contributed by atoms with E-state index < -0.39 is 40.4 Å². The van der Waals surface area contributed by atoms with Gasteiger partial charge in [0.05, 0.1) is 5.69 Å². The zero-order valence-electron chi connectivity index (χ0n) is 20.0. The topological polar surface area (TPSA) is 90.0 Å². The van der Waals surface area contributed by atoms with Crippen LogP contribution in [-0.4, -0.2) is 62.7 Å². The van der Waals surface area contributed by atoms with Gasteiger partial charge >= 0.3 is 10.2 Å². The number of rotatable bonds is 11. The number of carbonyl (C=O) groups excluding carboxylic acids is 2. The maximum atomic E-state index is 13.6. The van der Waals surface area contributed by atoms with E-state index in [9.17, 15) is 22.4 Å². The molecular weight excluding hydrogens is 518 g/mol. The molecule has 0 saturated heterocycles. The Morgan fingerprint density at radius 2 is 1.63 bits per heavy atom. The second-order valence-corrected chi connectivity index (χ2v) is 10.8. The maximum absolute atomic E-state index is 13.6. The molecule has 192 valence electrons. The van der Waals surface area contributed by atoms with E-state index in [1.807, 2.05) is 6.92 Å². The highest BCUT2D eigenvalue weighted by atomic mass is 35.5. The summed E-state index contributed by atoms with van der Waals surface area (Å²) in [6.45, 7) is 3.08. The van der Waals surface area contributed by atoms with Crippen LogP contribution >= 0.6 is 23.2 Å². The third kappa shape index (κ3) is 7.30. The van der Waals surface area contributed by atoms with Crippen LogP contribution in [0.25, 0.3) is 0 Å². The van der Waals surface area contributed by atoms with E-state index in [4.69, 9.17) is 23.2 Å². The number of nitrogens with one attached hydrogen (secondary N) is 1. The normalized spacial score (nSPS) is 12.3. The summed E-state index contributed by atoms with van der Waals surface area (Å²) in [6.07, 6.45) is 0.697. The van der Waals surface area contributed by atoms with Crippen molar-refractivity contribution in [3.05, 3.63) is 63.9 Å². The number of halogens is 3. The SMILES string of the molecule is CCCNC(=O)[C@@H](C)N(Cc1c(Cl)cccc1Cl)C(=O)CN(c1ccc(F)cc1)S(=O)(=O)N(C)C. The summed E-state index contributed by atoms with van der Waals surface area (Å²) >= 11 is 12.6. The molecule has 0 radical (unpaired) electrons. The molecule has 0 fully saturated rings. The van der Waals surface area contributed by atoms with Crippen LogP contribution in [0.3, 0.4) is 0 Å². The first kappa shape index (κ1) is 28.8. The molecule has 0 aliphatic carbocycles. The zero-order valence-corrected chi connectivity index (χ0v) is 22.3. The lowest BCUT2D eigenvalue weighted by molar-refractivity contribution is -0.139. The van der Waals surface area contributed by atoms with Crippen LogP contribution in [0.5, 0.6) is 0 Å². The molecule has 0 aromatic heterocycles. The average molecular weight is 547 g/mol. The van der Waals surface area contributed by atoms with E-state index in [2.05, 4.69) is 5.32 Å². The Labute approximate surface area is 215 Å². The Morgan fingerprint density at radius 3 is 2.14 bits per heavy atom. The Kier molecular flexibility index (Phi) is 10.3. The van der Waals surface area contributed by atoms with Crippen LogP contribution in [0.2, 0.25) is 10.0 Å². The molecular formula is C23H29Cl2FN4O4S. The first-order valence-electron chi connectivity index (χ1n) is 10.9. The van der Waals surface area contributed by atoms with Crippen molar-refractivity contribution in [3.63, 3.8) is 0 Å². The minimum atomic E-state index is -4.14. The Hall–Kier alpha value is -2.40. The molecule has 8 nitrogen and oxygen atoms in total. The van der Waals surface area contributed by atoms with Gasteiger partial charge in [-0.15, -0.1) is 0 Å². The molecule has 2 rings (SSSR count). The standard InChI is InChI=1S/C23H29Cl2FN4O4S/c1-5-13-27-23(32)16(2)29(14-19-20(24)7-6-8-21(19)25)22(31)15-30(35(33,34)28(3)4)18-11-9-17(26)10-12-18/h6-12,16H,5,13-15H2,1-4H3,(H,27,32)/t16-/m1/s1. The molecule has 0 saturated carbocycles. The van der Waals surface area contributed by atoms with Crippen molar-refractivity contribution in [3.8, 4) is 0 Å². The second kappa shape index (κ2) is 12.5. The van der Waals surface area contributed by atoms with Crippen LogP contribution in [0, 0.1) is 5.82 Å². The number of amides is 2. The van der Waals surface area contributed by atoms with Crippen LogP contribution in [0.4, 0.5) is 10.1 Å². The quantitative estimate of drug-likeness (QED) is 0.465. The third-order valence-electron chi connectivity index (χ3n) is 5.24. The molecule has 0 spiro atoms. The van der Waals surface area contributed by atoms with E-state index in [0.717, 1.165) is 20.7 Å². The lowest BCUT2D eigenvalue weighted by Crippen LogP contribution is -2.52. The van der Waals surface area contributed by atoms with Crippen LogP contribution < -0.4 is 9.62 Å². The van der Waals surface area contributed by atoms with Crippen LogP contribution in [0.15, 0.2) is 42.5 Å². The molecule has 1 atom stereocenters. The molecule has 0 aliphatic rings. The Balaban J connectivity index is 2.49. The molecule has 0 aliphatic heterocycles. The number of carbonyl (C=O) groups is 2. The summed E-state index contributed by atoms with van der Waals surface area (Å²) in [5.74, 6) is -1.64. The fourth-order valence-corrected chi connectivity index (χ4v) is 4.73. The smallest absolute Gasteiger partial charge is 0.304 e. The molecule has 0 heterocycles. The second-order valence-electron chi connectivity index (χ2n) is 7.96. The highest BCUT2D eigenvalue weighted by molar-refractivity contribution is 7.90.